The Morgan fingerprint density at radius 2 is 2.11 bits per heavy atom. The van der Waals surface area contributed by atoms with Crippen LogP contribution in [0.25, 0.3) is 0 Å². The number of rotatable bonds is 5. The Morgan fingerprint density at radius 3 is 2.61 bits per heavy atom. The van der Waals surface area contributed by atoms with Gasteiger partial charge in [-0.25, -0.2) is 12.8 Å². The maximum atomic E-state index is 13.2. The van der Waals surface area contributed by atoms with Crippen LogP contribution in [-0.4, -0.2) is 30.2 Å². The first-order valence-electron chi connectivity index (χ1n) is 4.37. The maximum Gasteiger partial charge on any atom is 0.320 e. The van der Waals surface area contributed by atoms with Gasteiger partial charge in [0, 0.05) is 12.1 Å². The molecule has 2 N–H and O–H groups in total. The summed E-state index contributed by atoms with van der Waals surface area (Å²) in [5.74, 6) is -3.95. The molecule has 0 saturated carbocycles. The molecule has 0 atom stereocenters. The monoisotopic (exact) mass is 278 g/mol. The summed E-state index contributed by atoms with van der Waals surface area (Å²) >= 11 is 0. The van der Waals surface area contributed by atoms with Crippen LogP contribution in [0.2, 0.25) is 0 Å². The van der Waals surface area contributed by atoms with Crippen molar-refractivity contribution in [1.82, 2.24) is 0 Å². The average molecular weight is 278 g/mol. The zero-order valence-electron chi connectivity index (χ0n) is 8.66. The number of anilines is 1. The molecule has 98 valence electrons. The van der Waals surface area contributed by atoms with Gasteiger partial charge in [0.2, 0.25) is 10.0 Å². The summed E-state index contributed by atoms with van der Waals surface area (Å²) in [6, 6.07) is 2.22. The van der Waals surface area contributed by atoms with Crippen LogP contribution in [0.3, 0.4) is 0 Å². The molecule has 0 aliphatic heterocycles. The van der Waals surface area contributed by atoms with E-state index >= 15 is 0 Å². The highest BCUT2D eigenvalue weighted by atomic mass is 32.2. The lowest BCUT2D eigenvalue weighted by Gasteiger charge is -2.06. The molecular formula is C8H7FN2O6S. The van der Waals surface area contributed by atoms with Crippen LogP contribution in [0.1, 0.15) is 0 Å². The molecule has 0 radical (unpaired) electrons. The van der Waals surface area contributed by atoms with Gasteiger partial charge in [-0.1, -0.05) is 0 Å². The molecule has 18 heavy (non-hydrogen) atoms. The third kappa shape index (κ3) is 3.66. The minimum Gasteiger partial charge on any atom is -0.480 e. The van der Waals surface area contributed by atoms with Gasteiger partial charge in [-0.3, -0.25) is 19.6 Å². The van der Waals surface area contributed by atoms with Crippen LogP contribution >= 0.6 is 0 Å². The van der Waals surface area contributed by atoms with Crippen LogP contribution in [0.15, 0.2) is 18.2 Å². The van der Waals surface area contributed by atoms with E-state index in [0.717, 1.165) is 6.07 Å². The van der Waals surface area contributed by atoms with Gasteiger partial charge in [0.05, 0.1) is 10.6 Å². The van der Waals surface area contributed by atoms with Crippen molar-refractivity contribution in [2.24, 2.45) is 0 Å². The highest BCUT2D eigenvalue weighted by Gasteiger charge is 2.19. The van der Waals surface area contributed by atoms with Gasteiger partial charge < -0.3 is 5.11 Å². The van der Waals surface area contributed by atoms with Crippen molar-refractivity contribution in [1.29, 1.82) is 0 Å². The normalized spacial score (nSPS) is 10.9. The zero-order chi connectivity index (χ0) is 13.9. The van der Waals surface area contributed by atoms with Crippen molar-refractivity contribution in [2.75, 3.05) is 10.5 Å². The van der Waals surface area contributed by atoms with E-state index in [1.54, 1.807) is 4.72 Å². The largest absolute Gasteiger partial charge is 0.480 e. The van der Waals surface area contributed by atoms with Crippen molar-refractivity contribution >= 4 is 27.4 Å². The number of nitrogens with one attached hydrogen (secondary N) is 1. The molecule has 0 spiro atoms. The molecule has 0 aromatic heterocycles. The number of carbonyl (C=O) groups is 1. The molecule has 0 bridgehead atoms. The standard InChI is InChI=1S/C8H7FN2O6S/c9-6-2-1-5(11(14)15)3-7(6)10-18(16,17)4-8(12)13/h1-3,10H,4H2,(H,12,13). The number of carboxylic acids is 1. The summed E-state index contributed by atoms with van der Waals surface area (Å²) in [7, 11) is -4.31. The smallest absolute Gasteiger partial charge is 0.320 e. The fourth-order valence-electron chi connectivity index (χ4n) is 1.07. The van der Waals surface area contributed by atoms with Gasteiger partial charge in [-0.2, -0.15) is 0 Å². The second-order valence-electron chi connectivity index (χ2n) is 3.18. The van der Waals surface area contributed by atoms with Crippen LogP contribution in [0.5, 0.6) is 0 Å². The Morgan fingerprint density at radius 1 is 1.50 bits per heavy atom. The van der Waals surface area contributed by atoms with Crippen molar-refractivity contribution in [3.63, 3.8) is 0 Å². The summed E-state index contributed by atoms with van der Waals surface area (Å²) in [4.78, 5) is 19.8. The van der Waals surface area contributed by atoms with E-state index in [1.807, 2.05) is 0 Å². The molecule has 0 aliphatic carbocycles. The second-order valence-corrected chi connectivity index (χ2v) is 4.90. The molecule has 0 unspecified atom stereocenters. The Hall–Kier alpha value is -2.23. The maximum absolute atomic E-state index is 13.2. The summed E-state index contributed by atoms with van der Waals surface area (Å²) in [6.07, 6.45) is 0. The molecule has 0 heterocycles. The van der Waals surface area contributed by atoms with E-state index in [0.29, 0.717) is 12.1 Å². The molecule has 8 nitrogen and oxygen atoms in total. The van der Waals surface area contributed by atoms with Gasteiger partial charge in [-0.05, 0) is 6.07 Å². The van der Waals surface area contributed by atoms with Crippen molar-refractivity contribution in [3.8, 4) is 0 Å². The highest BCUT2D eigenvalue weighted by molar-refractivity contribution is 7.93. The van der Waals surface area contributed by atoms with E-state index < -0.39 is 43.9 Å². The number of sulfonamides is 1. The van der Waals surface area contributed by atoms with Gasteiger partial charge in [0.15, 0.2) is 5.75 Å². The molecular weight excluding hydrogens is 271 g/mol. The zero-order valence-corrected chi connectivity index (χ0v) is 9.48. The predicted molar refractivity (Wildman–Crippen MR) is 58.1 cm³/mol. The number of non-ortho nitro benzene ring substituents is 1. The number of benzene rings is 1. The first-order valence-corrected chi connectivity index (χ1v) is 6.03. The highest BCUT2D eigenvalue weighted by Crippen LogP contribution is 2.22. The number of nitrogens with zero attached hydrogens (tertiary/aromatic N) is 1. The van der Waals surface area contributed by atoms with E-state index in [9.17, 15) is 27.7 Å². The summed E-state index contributed by atoms with van der Waals surface area (Å²) in [6.45, 7) is 0. The van der Waals surface area contributed by atoms with Gasteiger partial charge >= 0.3 is 5.97 Å². The molecule has 1 rings (SSSR count). The Balaban J connectivity index is 3.07. The summed E-state index contributed by atoms with van der Waals surface area (Å²) in [5.41, 5.74) is -1.20. The summed E-state index contributed by atoms with van der Waals surface area (Å²) in [5, 5.41) is 18.7. The van der Waals surface area contributed by atoms with E-state index in [2.05, 4.69) is 0 Å². The minimum atomic E-state index is -4.31. The number of hydrogen-bond donors (Lipinski definition) is 2. The minimum absolute atomic E-state index is 0.524. The number of nitro groups is 1. The van der Waals surface area contributed by atoms with Crippen molar-refractivity contribution in [3.05, 3.63) is 34.1 Å². The van der Waals surface area contributed by atoms with Gasteiger partial charge in [0.25, 0.3) is 5.69 Å². The van der Waals surface area contributed by atoms with Gasteiger partial charge in [-0.15, -0.1) is 0 Å². The molecule has 0 aliphatic rings. The van der Waals surface area contributed by atoms with Crippen molar-refractivity contribution < 1.29 is 27.6 Å². The van der Waals surface area contributed by atoms with E-state index in [4.69, 9.17) is 5.11 Å². The number of nitro benzene ring substituents is 1. The average Bonchev–Trinajstić information content (AvgIpc) is 2.18. The second kappa shape index (κ2) is 4.96. The first kappa shape index (κ1) is 13.8. The lowest BCUT2D eigenvalue weighted by Crippen LogP contribution is -2.22. The number of halogens is 1. The van der Waals surface area contributed by atoms with E-state index in [1.165, 1.54) is 0 Å². The van der Waals surface area contributed by atoms with Crippen LogP contribution < -0.4 is 4.72 Å². The van der Waals surface area contributed by atoms with E-state index in [-0.39, 0.29) is 0 Å². The van der Waals surface area contributed by atoms with Crippen LogP contribution in [0.4, 0.5) is 15.8 Å². The molecule has 10 heteroatoms. The SMILES string of the molecule is O=C(O)CS(=O)(=O)Nc1cc([N+](=O)[O-])ccc1F. The Bertz CT molecular complexity index is 600. The predicted octanol–water partition coefficient (Wildman–Crippen LogP) is 0.560. The summed E-state index contributed by atoms with van der Waals surface area (Å²) < 4.78 is 37.3. The van der Waals surface area contributed by atoms with Crippen LogP contribution in [-0.2, 0) is 14.8 Å². The molecule has 0 fully saturated rings. The molecule has 1 aromatic rings. The molecule has 0 saturated heterocycles. The van der Waals surface area contributed by atoms with Gasteiger partial charge in [0.1, 0.15) is 5.82 Å². The quantitative estimate of drug-likeness (QED) is 0.598. The first-order chi connectivity index (χ1) is 8.21. The fraction of sp³-hybridized carbons (Fsp3) is 0.125. The Labute approximate surface area is 100 Å². The molecule has 0 amide bonds. The number of carboxylic acid groups (broad SMARTS) is 1. The molecule has 1 aromatic carbocycles. The Kier molecular flexibility index (Phi) is 3.81. The number of aliphatic carboxylic acids is 1. The van der Waals surface area contributed by atoms with Crippen molar-refractivity contribution in [2.45, 2.75) is 0 Å². The third-order valence-electron chi connectivity index (χ3n) is 1.74. The fourth-order valence-corrected chi connectivity index (χ4v) is 1.96. The lowest BCUT2D eigenvalue weighted by molar-refractivity contribution is -0.384. The number of hydrogen-bond acceptors (Lipinski definition) is 5. The topological polar surface area (TPSA) is 127 Å². The van der Waals surface area contributed by atoms with Crippen LogP contribution in [0, 0.1) is 15.9 Å². The third-order valence-corrected chi connectivity index (χ3v) is 2.90. The lowest BCUT2D eigenvalue weighted by atomic mass is 10.3.